The number of amides is 1. The van der Waals surface area contributed by atoms with Crippen LogP contribution in [0.4, 0.5) is 5.69 Å². The Kier molecular flexibility index (Phi) is 7.43. The molecule has 1 unspecified atom stereocenters. The molecule has 21 heavy (non-hydrogen) atoms. The molecule has 0 radical (unpaired) electrons. The third-order valence-electron chi connectivity index (χ3n) is 3.94. The van der Waals surface area contributed by atoms with Crippen LogP contribution in [0.2, 0.25) is 0 Å². The van der Waals surface area contributed by atoms with Gasteiger partial charge in [-0.25, -0.2) is 0 Å². The zero-order valence-corrected chi connectivity index (χ0v) is 14.5. The minimum atomic E-state index is 0. The predicted molar refractivity (Wildman–Crippen MR) is 93.7 cm³/mol. The van der Waals surface area contributed by atoms with Crippen molar-refractivity contribution >= 4 is 35.3 Å². The van der Waals surface area contributed by atoms with Gasteiger partial charge in [0.2, 0.25) is 5.91 Å². The van der Waals surface area contributed by atoms with E-state index >= 15 is 0 Å². The Balaban J connectivity index is 0.00000220. The quantitative estimate of drug-likeness (QED) is 0.823. The van der Waals surface area contributed by atoms with Crippen LogP contribution in [0.3, 0.4) is 0 Å². The molecule has 1 fully saturated rings. The molecule has 1 aliphatic heterocycles. The SMILES string of the molecule is C=CCCN1CCCCC1C(=O)Nc1c(C)csc1C.Cl. The van der Waals surface area contributed by atoms with Crippen molar-refractivity contribution in [3.63, 3.8) is 0 Å². The van der Waals surface area contributed by atoms with E-state index in [1.165, 1.54) is 11.3 Å². The number of halogens is 1. The van der Waals surface area contributed by atoms with Gasteiger partial charge in [-0.1, -0.05) is 12.5 Å². The summed E-state index contributed by atoms with van der Waals surface area (Å²) in [7, 11) is 0. The fourth-order valence-electron chi connectivity index (χ4n) is 2.78. The number of carbonyl (C=O) groups is 1. The second-order valence-electron chi connectivity index (χ2n) is 5.46. The number of carbonyl (C=O) groups excluding carboxylic acids is 1. The lowest BCUT2D eigenvalue weighted by molar-refractivity contribution is -0.122. The van der Waals surface area contributed by atoms with Crippen LogP contribution in [0, 0.1) is 13.8 Å². The highest BCUT2D eigenvalue weighted by molar-refractivity contribution is 7.10. The summed E-state index contributed by atoms with van der Waals surface area (Å²) >= 11 is 1.69. The number of likely N-dealkylation sites (tertiary alicyclic amines) is 1. The lowest BCUT2D eigenvalue weighted by atomic mass is 10.0. The van der Waals surface area contributed by atoms with E-state index in [4.69, 9.17) is 0 Å². The van der Waals surface area contributed by atoms with Gasteiger partial charge in [0.05, 0.1) is 11.7 Å². The molecular formula is C16H25ClN2OS. The lowest BCUT2D eigenvalue weighted by Gasteiger charge is -2.34. The number of piperidine rings is 1. The van der Waals surface area contributed by atoms with Crippen LogP contribution in [-0.2, 0) is 4.79 Å². The predicted octanol–water partition coefficient (Wildman–Crippen LogP) is 4.16. The van der Waals surface area contributed by atoms with Crippen molar-refractivity contribution in [3.05, 3.63) is 28.5 Å². The Morgan fingerprint density at radius 1 is 1.52 bits per heavy atom. The molecule has 0 aromatic carbocycles. The molecule has 1 aromatic heterocycles. The van der Waals surface area contributed by atoms with E-state index in [9.17, 15) is 4.79 Å². The largest absolute Gasteiger partial charge is 0.323 e. The lowest BCUT2D eigenvalue weighted by Crippen LogP contribution is -2.47. The average molecular weight is 329 g/mol. The van der Waals surface area contributed by atoms with Gasteiger partial charge in [0.15, 0.2) is 0 Å². The van der Waals surface area contributed by atoms with Gasteiger partial charge in [0.1, 0.15) is 0 Å². The first kappa shape index (κ1) is 18.2. The molecule has 5 heteroatoms. The molecule has 1 aromatic rings. The summed E-state index contributed by atoms with van der Waals surface area (Å²) < 4.78 is 0. The normalized spacial score (nSPS) is 18.9. The first-order valence-corrected chi connectivity index (χ1v) is 8.22. The maximum absolute atomic E-state index is 12.6. The molecule has 0 aliphatic carbocycles. The van der Waals surface area contributed by atoms with Crippen molar-refractivity contribution in [2.24, 2.45) is 0 Å². The number of thiophene rings is 1. The van der Waals surface area contributed by atoms with Crippen molar-refractivity contribution < 1.29 is 4.79 Å². The molecule has 2 rings (SSSR count). The Morgan fingerprint density at radius 3 is 2.90 bits per heavy atom. The van der Waals surface area contributed by atoms with E-state index in [0.717, 1.165) is 43.6 Å². The average Bonchev–Trinajstić information content (AvgIpc) is 2.77. The summed E-state index contributed by atoms with van der Waals surface area (Å²) in [6.07, 6.45) is 6.17. The third kappa shape index (κ3) is 4.56. The summed E-state index contributed by atoms with van der Waals surface area (Å²) in [5.41, 5.74) is 2.17. The molecule has 0 saturated carbocycles. The third-order valence-corrected chi connectivity index (χ3v) is 4.97. The Morgan fingerprint density at radius 2 is 2.29 bits per heavy atom. The van der Waals surface area contributed by atoms with Crippen LogP contribution in [0.25, 0.3) is 0 Å². The minimum Gasteiger partial charge on any atom is -0.323 e. The van der Waals surface area contributed by atoms with Gasteiger partial charge in [0, 0.05) is 11.4 Å². The Bertz CT molecular complexity index is 467. The molecule has 3 nitrogen and oxygen atoms in total. The molecular weight excluding hydrogens is 304 g/mol. The maximum Gasteiger partial charge on any atom is 0.241 e. The zero-order valence-electron chi connectivity index (χ0n) is 12.9. The van der Waals surface area contributed by atoms with Crippen molar-refractivity contribution in [2.75, 3.05) is 18.4 Å². The van der Waals surface area contributed by atoms with Crippen LogP contribution in [0.15, 0.2) is 18.0 Å². The van der Waals surface area contributed by atoms with E-state index in [1.807, 2.05) is 6.08 Å². The zero-order chi connectivity index (χ0) is 14.5. The highest BCUT2D eigenvalue weighted by Crippen LogP contribution is 2.27. The van der Waals surface area contributed by atoms with Crippen molar-refractivity contribution in [1.82, 2.24) is 4.90 Å². The summed E-state index contributed by atoms with van der Waals surface area (Å²) in [6.45, 7) is 9.84. The number of hydrogen-bond donors (Lipinski definition) is 1. The number of rotatable bonds is 5. The number of anilines is 1. The van der Waals surface area contributed by atoms with Crippen LogP contribution in [-0.4, -0.2) is 29.9 Å². The maximum atomic E-state index is 12.6. The molecule has 1 aliphatic rings. The Labute approximate surface area is 137 Å². The van der Waals surface area contributed by atoms with Gasteiger partial charge in [-0.2, -0.15) is 0 Å². The van der Waals surface area contributed by atoms with Gasteiger partial charge in [-0.05, 0) is 50.6 Å². The van der Waals surface area contributed by atoms with Gasteiger partial charge < -0.3 is 5.32 Å². The molecule has 1 amide bonds. The topological polar surface area (TPSA) is 32.3 Å². The number of hydrogen-bond acceptors (Lipinski definition) is 3. The van der Waals surface area contributed by atoms with Crippen molar-refractivity contribution in [2.45, 2.75) is 45.6 Å². The Hall–Kier alpha value is -0.840. The second kappa shape index (κ2) is 8.57. The van der Waals surface area contributed by atoms with Crippen LogP contribution in [0.1, 0.15) is 36.1 Å². The van der Waals surface area contributed by atoms with E-state index in [2.05, 4.69) is 36.0 Å². The number of nitrogens with zero attached hydrogens (tertiary/aromatic N) is 1. The van der Waals surface area contributed by atoms with Crippen LogP contribution < -0.4 is 5.32 Å². The fraction of sp³-hybridized carbons (Fsp3) is 0.562. The van der Waals surface area contributed by atoms with Crippen LogP contribution >= 0.6 is 23.7 Å². The van der Waals surface area contributed by atoms with Crippen molar-refractivity contribution in [1.29, 1.82) is 0 Å². The molecule has 118 valence electrons. The van der Waals surface area contributed by atoms with E-state index in [0.29, 0.717) is 0 Å². The second-order valence-corrected chi connectivity index (χ2v) is 6.55. The fourth-order valence-corrected chi connectivity index (χ4v) is 3.58. The van der Waals surface area contributed by atoms with Gasteiger partial charge in [-0.3, -0.25) is 9.69 Å². The minimum absolute atomic E-state index is 0. The van der Waals surface area contributed by atoms with E-state index in [1.54, 1.807) is 11.3 Å². The smallest absolute Gasteiger partial charge is 0.241 e. The highest BCUT2D eigenvalue weighted by atomic mass is 35.5. The summed E-state index contributed by atoms with van der Waals surface area (Å²) in [4.78, 5) is 16.1. The monoisotopic (exact) mass is 328 g/mol. The van der Waals surface area contributed by atoms with E-state index < -0.39 is 0 Å². The van der Waals surface area contributed by atoms with Crippen LogP contribution in [0.5, 0.6) is 0 Å². The molecule has 1 atom stereocenters. The molecule has 1 N–H and O–H groups in total. The standard InChI is InChI=1S/C16H24N2OS.ClH/c1-4-5-9-18-10-7-6-8-14(18)16(19)17-15-12(2)11-20-13(15)3;/h4,11,14H,1,5-10H2,2-3H3,(H,17,19);1H. The first-order chi connectivity index (χ1) is 9.63. The molecule has 2 heterocycles. The molecule has 0 bridgehead atoms. The van der Waals surface area contributed by atoms with Gasteiger partial charge in [-0.15, -0.1) is 30.3 Å². The summed E-state index contributed by atoms with van der Waals surface area (Å²) in [6, 6.07) is 0.0161. The summed E-state index contributed by atoms with van der Waals surface area (Å²) in [5.74, 6) is 0.151. The molecule has 0 spiro atoms. The van der Waals surface area contributed by atoms with Crippen molar-refractivity contribution in [3.8, 4) is 0 Å². The number of nitrogens with one attached hydrogen (secondary N) is 1. The molecule has 1 saturated heterocycles. The van der Waals surface area contributed by atoms with E-state index in [-0.39, 0.29) is 24.4 Å². The highest BCUT2D eigenvalue weighted by Gasteiger charge is 2.28. The summed E-state index contributed by atoms with van der Waals surface area (Å²) in [5, 5.41) is 5.24. The first-order valence-electron chi connectivity index (χ1n) is 7.34. The van der Waals surface area contributed by atoms with Gasteiger partial charge >= 0.3 is 0 Å². The van der Waals surface area contributed by atoms with Gasteiger partial charge in [0.25, 0.3) is 0 Å². The number of aryl methyl sites for hydroxylation is 2.